The molecule has 136 valence electrons. The Morgan fingerprint density at radius 1 is 0.833 bits per heavy atom. The maximum Gasteiger partial charge on any atom is 0.338 e. The maximum atomic E-state index is 11.9. The molecule has 0 radical (unpaired) electrons. The molecule has 1 aromatic rings. The van der Waals surface area contributed by atoms with Gasteiger partial charge in [-0.25, -0.2) is 4.79 Å². The standard InChI is InChI=1S/C20H32O4/c1-3-4-5-9-16-23-19-13-11-18(12-14-19)20(21)24-17-10-7-6-8-15-22-2/h11-14H,3-10,15-17H2,1-2H3. The summed E-state index contributed by atoms with van der Waals surface area (Å²) in [7, 11) is 1.71. The lowest BCUT2D eigenvalue weighted by Gasteiger charge is -2.08. The molecule has 1 rings (SSSR count). The number of hydrogen-bond donors (Lipinski definition) is 0. The first-order valence-electron chi connectivity index (χ1n) is 9.17. The first-order chi connectivity index (χ1) is 11.8. The molecule has 1 aromatic carbocycles. The number of hydrogen-bond acceptors (Lipinski definition) is 4. The van der Waals surface area contributed by atoms with Crippen molar-refractivity contribution < 1.29 is 19.0 Å². The lowest BCUT2D eigenvalue weighted by atomic mass is 10.2. The van der Waals surface area contributed by atoms with Gasteiger partial charge < -0.3 is 14.2 Å². The fourth-order valence-electron chi connectivity index (χ4n) is 2.36. The molecule has 0 amide bonds. The van der Waals surface area contributed by atoms with Gasteiger partial charge in [-0.1, -0.05) is 32.6 Å². The Kier molecular flexibility index (Phi) is 11.8. The van der Waals surface area contributed by atoms with Crippen LogP contribution in [0.3, 0.4) is 0 Å². The topological polar surface area (TPSA) is 44.8 Å². The largest absolute Gasteiger partial charge is 0.494 e. The van der Waals surface area contributed by atoms with E-state index < -0.39 is 0 Å². The number of ether oxygens (including phenoxy) is 3. The van der Waals surface area contributed by atoms with Crippen LogP contribution in [0, 0.1) is 0 Å². The van der Waals surface area contributed by atoms with Gasteiger partial charge in [0.2, 0.25) is 0 Å². The molecule has 0 atom stereocenters. The summed E-state index contributed by atoms with van der Waals surface area (Å²) in [5, 5.41) is 0. The number of unbranched alkanes of at least 4 members (excludes halogenated alkanes) is 6. The molecular formula is C20H32O4. The van der Waals surface area contributed by atoms with Crippen molar-refractivity contribution >= 4 is 5.97 Å². The second-order valence-electron chi connectivity index (χ2n) is 5.98. The minimum atomic E-state index is -0.263. The van der Waals surface area contributed by atoms with Gasteiger partial charge in [0.1, 0.15) is 5.75 Å². The quantitative estimate of drug-likeness (QED) is 0.354. The van der Waals surface area contributed by atoms with Crippen LogP contribution in [0.1, 0.15) is 68.6 Å². The summed E-state index contributed by atoms with van der Waals surface area (Å²) in [6, 6.07) is 7.20. The molecule has 0 aromatic heterocycles. The van der Waals surface area contributed by atoms with E-state index in [1.807, 2.05) is 12.1 Å². The van der Waals surface area contributed by atoms with Crippen LogP contribution in [0.25, 0.3) is 0 Å². The molecule has 0 heterocycles. The molecule has 0 N–H and O–H groups in total. The average Bonchev–Trinajstić information content (AvgIpc) is 2.61. The van der Waals surface area contributed by atoms with Crippen LogP contribution in [0.5, 0.6) is 5.75 Å². The van der Waals surface area contributed by atoms with E-state index in [1.54, 1.807) is 19.2 Å². The van der Waals surface area contributed by atoms with Gasteiger partial charge in [0, 0.05) is 13.7 Å². The Labute approximate surface area is 146 Å². The lowest BCUT2D eigenvalue weighted by Crippen LogP contribution is -2.06. The SMILES string of the molecule is CCCCCCOc1ccc(C(=O)OCCCCCCOC)cc1. The minimum Gasteiger partial charge on any atom is -0.494 e. The van der Waals surface area contributed by atoms with E-state index in [0.717, 1.165) is 51.1 Å². The Hall–Kier alpha value is -1.55. The zero-order chi connectivity index (χ0) is 17.5. The predicted octanol–water partition coefficient (Wildman–Crippen LogP) is 5.01. The fraction of sp³-hybridized carbons (Fsp3) is 0.650. The second kappa shape index (κ2) is 13.8. The number of esters is 1. The summed E-state index contributed by atoms with van der Waals surface area (Å²) in [5.74, 6) is 0.544. The monoisotopic (exact) mass is 336 g/mol. The van der Waals surface area contributed by atoms with E-state index in [4.69, 9.17) is 14.2 Å². The van der Waals surface area contributed by atoms with Gasteiger partial charge in [0.15, 0.2) is 0 Å². The molecule has 4 heteroatoms. The van der Waals surface area contributed by atoms with Crippen molar-refractivity contribution in [1.29, 1.82) is 0 Å². The van der Waals surface area contributed by atoms with Crippen molar-refractivity contribution in [3.05, 3.63) is 29.8 Å². The molecule has 4 nitrogen and oxygen atoms in total. The van der Waals surface area contributed by atoms with Crippen molar-refractivity contribution in [2.75, 3.05) is 26.9 Å². The van der Waals surface area contributed by atoms with Crippen LogP contribution >= 0.6 is 0 Å². The third-order valence-electron chi connectivity index (χ3n) is 3.83. The summed E-state index contributed by atoms with van der Waals surface area (Å²) in [4.78, 5) is 11.9. The van der Waals surface area contributed by atoms with Crippen LogP contribution in [0.2, 0.25) is 0 Å². The molecule has 0 spiro atoms. The van der Waals surface area contributed by atoms with Crippen molar-refractivity contribution in [3.8, 4) is 5.75 Å². The van der Waals surface area contributed by atoms with Crippen LogP contribution < -0.4 is 4.74 Å². The predicted molar refractivity (Wildman–Crippen MR) is 96.7 cm³/mol. The highest BCUT2D eigenvalue weighted by Gasteiger charge is 2.07. The van der Waals surface area contributed by atoms with Gasteiger partial charge in [-0.15, -0.1) is 0 Å². The highest BCUT2D eigenvalue weighted by atomic mass is 16.5. The Balaban J connectivity index is 2.16. The van der Waals surface area contributed by atoms with Crippen LogP contribution in [0.4, 0.5) is 0 Å². The first-order valence-corrected chi connectivity index (χ1v) is 9.17. The second-order valence-corrected chi connectivity index (χ2v) is 5.98. The molecule has 0 aliphatic carbocycles. The smallest absolute Gasteiger partial charge is 0.338 e. The number of methoxy groups -OCH3 is 1. The van der Waals surface area contributed by atoms with Crippen molar-refractivity contribution in [2.45, 2.75) is 58.3 Å². The summed E-state index contributed by atoms with van der Waals surface area (Å²) in [5.41, 5.74) is 0.577. The lowest BCUT2D eigenvalue weighted by molar-refractivity contribution is 0.0497. The molecule has 0 aliphatic heterocycles. The summed E-state index contributed by atoms with van der Waals surface area (Å²) < 4.78 is 16.0. The van der Waals surface area contributed by atoms with Gasteiger partial charge >= 0.3 is 5.97 Å². The van der Waals surface area contributed by atoms with Crippen LogP contribution in [-0.4, -0.2) is 32.9 Å². The first kappa shape index (κ1) is 20.5. The molecular weight excluding hydrogens is 304 g/mol. The normalized spacial score (nSPS) is 10.6. The molecule has 0 bridgehead atoms. The van der Waals surface area contributed by atoms with Crippen molar-refractivity contribution in [2.24, 2.45) is 0 Å². The van der Waals surface area contributed by atoms with Gasteiger partial charge in [-0.3, -0.25) is 0 Å². The van der Waals surface area contributed by atoms with Crippen molar-refractivity contribution in [1.82, 2.24) is 0 Å². The molecule has 24 heavy (non-hydrogen) atoms. The summed E-state index contributed by atoms with van der Waals surface area (Å²) >= 11 is 0. The van der Waals surface area contributed by atoms with Gasteiger partial charge in [-0.2, -0.15) is 0 Å². The minimum absolute atomic E-state index is 0.263. The highest BCUT2D eigenvalue weighted by Crippen LogP contribution is 2.14. The van der Waals surface area contributed by atoms with Crippen molar-refractivity contribution in [3.63, 3.8) is 0 Å². The Morgan fingerprint density at radius 2 is 1.46 bits per heavy atom. The Morgan fingerprint density at radius 3 is 2.12 bits per heavy atom. The number of rotatable bonds is 14. The van der Waals surface area contributed by atoms with Gasteiger partial charge in [-0.05, 0) is 49.9 Å². The van der Waals surface area contributed by atoms with E-state index >= 15 is 0 Å². The fourth-order valence-corrected chi connectivity index (χ4v) is 2.36. The van der Waals surface area contributed by atoms with E-state index in [0.29, 0.717) is 12.2 Å². The number of benzene rings is 1. The maximum absolute atomic E-state index is 11.9. The highest BCUT2D eigenvalue weighted by molar-refractivity contribution is 5.89. The van der Waals surface area contributed by atoms with Crippen LogP contribution in [0.15, 0.2) is 24.3 Å². The summed E-state index contributed by atoms with van der Waals surface area (Å²) in [6.45, 7) is 4.20. The van der Waals surface area contributed by atoms with Gasteiger partial charge in [0.25, 0.3) is 0 Å². The van der Waals surface area contributed by atoms with Crippen LogP contribution in [-0.2, 0) is 9.47 Å². The molecule has 0 fully saturated rings. The van der Waals surface area contributed by atoms with Gasteiger partial charge in [0.05, 0.1) is 18.8 Å². The third kappa shape index (κ3) is 9.56. The molecule has 0 unspecified atom stereocenters. The Bertz CT molecular complexity index is 428. The van der Waals surface area contributed by atoms with E-state index in [-0.39, 0.29) is 5.97 Å². The van der Waals surface area contributed by atoms with E-state index in [2.05, 4.69) is 6.92 Å². The zero-order valence-corrected chi connectivity index (χ0v) is 15.2. The molecule has 0 saturated carbocycles. The zero-order valence-electron chi connectivity index (χ0n) is 15.2. The van der Waals surface area contributed by atoms with E-state index in [1.165, 1.54) is 19.3 Å². The third-order valence-corrected chi connectivity index (χ3v) is 3.83. The molecule has 0 aliphatic rings. The summed E-state index contributed by atoms with van der Waals surface area (Å²) in [6.07, 6.45) is 8.87. The average molecular weight is 336 g/mol. The van der Waals surface area contributed by atoms with E-state index in [9.17, 15) is 4.79 Å². The number of carbonyl (C=O) groups is 1. The molecule has 0 saturated heterocycles. The number of carbonyl (C=O) groups excluding carboxylic acids is 1.